The highest BCUT2D eigenvalue weighted by molar-refractivity contribution is 9.10. The maximum Gasteiger partial charge on any atom is 0.317 e. The van der Waals surface area contributed by atoms with E-state index in [0.717, 1.165) is 21.1 Å². The molecular formula is C10H9BrO4S. The third-order valence-electron chi connectivity index (χ3n) is 1.73. The Balaban J connectivity index is 2.71. The van der Waals surface area contributed by atoms with E-state index in [1.54, 1.807) is 24.3 Å². The van der Waals surface area contributed by atoms with Crippen LogP contribution >= 0.6 is 27.7 Å². The third kappa shape index (κ3) is 4.24. The summed E-state index contributed by atoms with van der Waals surface area (Å²) in [6.07, 6.45) is -0.393. The van der Waals surface area contributed by atoms with Crippen molar-refractivity contribution in [3.05, 3.63) is 28.7 Å². The van der Waals surface area contributed by atoms with Crippen LogP contribution in [-0.2, 0) is 9.59 Å². The lowest BCUT2D eigenvalue weighted by atomic mass is 10.3. The Labute approximate surface area is 105 Å². The van der Waals surface area contributed by atoms with Crippen molar-refractivity contribution in [2.45, 2.75) is 16.6 Å². The molecule has 0 saturated carbocycles. The van der Waals surface area contributed by atoms with Crippen molar-refractivity contribution in [2.24, 2.45) is 0 Å². The van der Waals surface area contributed by atoms with Crippen LogP contribution in [0.2, 0.25) is 0 Å². The quantitative estimate of drug-likeness (QED) is 0.817. The molecule has 1 aromatic rings. The standard InChI is InChI=1S/C10H9BrO4S/c11-6-1-3-7(4-2-6)16-8(10(14)15)5-9(12)13/h1-4,8H,5H2,(H,12,13)(H,14,15). The van der Waals surface area contributed by atoms with Gasteiger partial charge in [-0.15, -0.1) is 11.8 Å². The minimum absolute atomic E-state index is 0.393. The molecule has 0 radical (unpaired) electrons. The summed E-state index contributed by atoms with van der Waals surface area (Å²) in [7, 11) is 0. The molecule has 0 spiro atoms. The lowest BCUT2D eigenvalue weighted by Gasteiger charge is -2.09. The molecule has 1 atom stereocenters. The molecule has 86 valence electrons. The maximum absolute atomic E-state index is 10.8. The highest BCUT2D eigenvalue weighted by atomic mass is 79.9. The lowest BCUT2D eigenvalue weighted by Crippen LogP contribution is -2.20. The number of aliphatic carboxylic acids is 2. The van der Waals surface area contributed by atoms with Crippen molar-refractivity contribution in [2.75, 3.05) is 0 Å². The van der Waals surface area contributed by atoms with Crippen molar-refractivity contribution in [1.29, 1.82) is 0 Å². The molecular weight excluding hydrogens is 296 g/mol. The summed E-state index contributed by atoms with van der Waals surface area (Å²) in [5.74, 6) is -2.23. The topological polar surface area (TPSA) is 74.6 Å². The van der Waals surface area contributed by atoms with Gasteiger partial charge in [0, 0.05) is 9.37 Å². The Morgan fingerprint density at radius 2 is 1.81 bits per heavy atom. The fourth-order valence-electron chi connectivity index (χ4n) is 1.02. The highest BCUT2D eigenvalue weighted by Crippen LogP contribution is 2.26. The van der Waals surface area contributed by atoms with Gasteiger partial charge in [0.05, 0.1) is 6.42 Å². The first-order valence-corrected chi connectivity index (χ1v) is 6.03. The molecule has 0 heterocycles. The van der Waals surface area contributed by atoms with Gasteiger partial charge >= 0.3 is 11.9 Å². The summed E-state index contributed by atoms with van der Waals surface area (Å²) in [6, 6.07) is 7.04. The first-order valence-electron chi connectivity index (χ1n) is 4.36. The number of hydrogen-bond acceptors (Lipinski definition) is 3. The van der Waals surface area contributed by atoms with E-state index in [0.29, 0.717) is 0 Å². The Kier molecular flexibility index (Phi) is 4.82. The van der Waals surface area contributed by atoms with Crippen molar-refractivity contribution in [1.82, 2.24) is 0 Å². The highest BCUT2D eigenvalue weighted by Gasteiger charge is 2.22. The van der Waals surface area contributed by atoms with Crippen LogP contribution in [0.15, 0.2) is 33.6 Å². The Bertz CT molecular complexity index is 390. The van der Waals surface area contributed by atoms with E-state index in [1.807, 2.05) is 0 Å². The van der Waals surface area contributed by atoms with Gasteiger partial charge in [-0.2, -0.15) is 0 Å². The van der Waals surface area contributed by atoms with E-state index in [4.69, 9.17) is 10.2 Å². The van der Waals surface area contributed by atoms with Crippen LogP contribution in [0.1, 0.15) is 6.42 Å². The summed E-state index contributed by atoms with van der Waals surface area (Å²) in [5.41, 5.74) is 0. The van der Waals surface area contributed by atoms with Crippen LogP contribution in [0, 0.1) is 0 Å². The monoisotopic (exact) mass is 304 g/mol. The van der Waals surface area contributed by atoms with E-state index < -0.39 is 23.6 Å². The van der Waals surface area contributed by atoms with E-state index in [1.165, 1.54) is 0 Å². The number of benzene rings is 1. The maximum atomic E-state index is 10.8. The summed E-state index contributed by atoms with van der Waals surface area (Å²) in [5, 5.41) is 16.5. The van der Waals surface area contributed by atoms with Gasteiger partial charge in [-0.1, -0.05) is 15.9 Å². The average molecular weight is 305 g/mol. The molecule has 0 aliphatic heterocycles. The van der Waals surface area contributed by atoms with Gasteiger partial charge < -0.3 is 10.2 Å². The van der Waals surface area contributed by atoms with E-state index in [-0.39, 0.29) is 0 Å². The average Bonchev–Trinajstić information content (AvgIpc) is 2.19. The molecule has 6 heteroatoms. The number of rotatable bonds is 5. The largest absolute Gasteiger partial charge is 0.481 e. The number of hydrogen-bond donors (Lipinski definition) is 2. The molecule has 16 heavy (non-hydrogen) atoms. The molecule has 0 bridgehead atoms. The smallest absolute Gasteiger partial charge is 0.317 e. The number of carbonyl (C=O) groups is 2. The van der Waals surface area contributed by atoms with Gasteiger partial charge in [0.1, 0.15) is 5.25 Å². The molecule has 0 aliphatic rings. The summed E-state index contributed by atoms with van der Waals surface area (Å²) < 4.78 is 0.891. The van der Waals surface area contributed by atoms with Gasteiger partial charge in [-0.25, -0.2) is 0 Å². The molecule has 4 nitrogen and oxygen atoms in total. The second-order valence-electron chi connectivity index (χ2n) is 3.00. The summed E-state index contributed by atoms with van der Waals surface area (Å²) in [6.45, 7) is 0. The van der Waals surface area contributed by atoms with Crippen molar-refractivity contribution in [3.8, 4) is 0 Å². The Hall–Kier alpha value is -1.01. The third-order valence-corrected chi connectivity index (χ3v) is 3.45. The van der Waals surface area contributed by atoms with Gasteiger partial charge in [0.25, 0.3) is 0 Å². The molecule has 1 unspecified atom stereocenters. The zero-order valence-electron chi connectivity index (χ0n) is 8.09. The Morgan fingerprint density at radius 3 is 2.25 bits per heavy atom. The van der Waals surface area contributed by atoms with E-state index in [9.17, 15) is 9.59 Å². The van der Waals surface area contributed by atoms with Crippen LogP contribution in [0.25, 0.3) is 0 Å². The molecule has 1 rings (SSSR count). The van der Waals surface area contributed by atoms with Crippen molar-refractivity contribution >= 4 is 39.6 Å². The molecule has 1 aromatic carbocycles. The van der Waals surface area contributed by atoms with Gasteiger partial charge in [-0.3, -0.25) is 9.59 Å². The second-order valence-corrected chi connectivity index (χ2v) is 5.19. The second kappa shape index (κ2) is 5.91. The fraction of sp³-hybridized carbons (Fsp3) is 0.200. The van der Waals surface area contributed by atoms with E-state index >= 15 is 0 Å². The predicted molar refractivity (Wildman–Crippen MR) is 63.7 cm³/mol. The van der Waals surface area contributed by atoms with Crippen LogP contribution < -0.4 is 0 Å². The number of carboxylic acid groups (broad SMARTS) is 2. The first kappa shape index (κ1) is 13.1. The zero-order valence-corrected chi connectivity index (χ0v) is 10.5. The number of halogens is 1. The Morgan fingerprint density at radius 1 is 1.25 bits per heavy atom. The van der Waals surface area contributed by atoms with Crippen LogP contribution in [0.5, 0.6) is 0 Å². The van der Waals surface area contributed by atoms with Crippen molar-refractivity contribution < 1.29 is 19.8 Å². The molecule has 0 aliphatic carbocycles. The molecule has 2 N–H and O–H groups in total. The minimum Gasteiger partial charge on any atom is -0.481 e. The molecule has 0 amide bonds. The molecule has 0 saturated heterocycles. The summed E-state index contributed by atoms with van der Waals surface area (Å²) in [4.78, 5) is 22.0. The lowest BCUT2D eigenvalue weighted by molar-refractivity contribution is -0.142. The summed E-state index contributed by atoms with van der Waals surface area (Å²) >= 11 is 4.29. The van der Waals surface area contributed by atoms with E-state index in [2.05, 4.69) is 15.9 Å². The molecule has 0 fully saturated rings. The van der Waals surface area contributed by atoms with Crippen molar-refractivity contribution in [3.63, 3.8) is 0 Å². The van der Waals surface area contributed by atoms with Crippen LogP contribution in [0.3, 0.4) is 0 Å². The number of thioether (sulfide) groups is 1. The first-order chi connectivity index (χ1) is 7.49. The normalized spacial score (nSPS) is 12.1. The SMILES string of the molecule is O=C(O)CC(Sc1ccc(Br)cc1)C(=O)O. The minimum atomic E-state index is -1.12. The van der Waals surface area contributed by atoms with Crippen LogP contribution in [-0.4, -0.2) is 27.4 Å². The van der Waals surface area contributed by atoms with Gasteiger partial charge in [-0.05, 0) is 24.3 Å². The number of carboxylic acids is 2. The molecule has 0 aromatic heterocycles. The van der Waals surface area contributed by atoms with Crippen LogP contribution in [0.4, 0.5) is 0 Å². The van der Waals surface area contributed by atoms with Gasteiger partial charge in [0.15, 0.2) is 0 Å². The predicted octanol–water partition coefficient (Wildman–Crippen LogP) is 2.47. The zero-order chi connectivity index (χ0) is 12.1. The van der Waals surface area contributed by atoms with Gasteiger partial charge in [0.2, 0.25) is 0 Å². The fourth-order valence-corrected chi connectivity index (χ4v) is 2.23.